The van der Waals surface area contributed by atoms with Crippen molar-refractivity contribution in [2.75, 3.05) is 26.3 Å². The van der Waals surface area contributed by atoms with Crippen molar-refractivity contribution >= 4 is 5.91 Å². The van der Waals surface area contributed by atoms with Crippen molar-refractivity contribution in [1.29, 1.82) is 0 Å². The number of likely N-dealkylation sites (tertiary alicyclic amines) is 1. The van der Waals surface area contributed by atoms with Crippen LogP contribution in [0.1, 0.15) is 23.4 Å². The van der Waals surface area contributed by atoms with Gasteiger partial charge in [-0.05, 0) is 12.8 Å². The Bertz CT molecular complexity index is 374. The van der Waals surface area contributed by atoms with Gasteiger partial charge in [-0.3, -0.25) is 4.79 Å². The van der Waals surface area contributed by atoms with Crippen LogP contribution in [-0.4, -0.2) is 42.3 Å². The van der Waals surface area contributed by atoms with E-state index in [0.29, 0.717) is 11.2 Å². The molecule has 2 aliphatic rings. The summed E-state index contributed by atoms with van der Waals surface area (Å²) in [6, 6.07) is 1.61. The van der Waals surface area contributed by atoms with E-state index in [1.165, 1.54) is 6.20 Å². The second kappa shape index (κ2) is 3.59. The molecule has 5 heteroatoms. The summed E-state index contributed by atoms with van der Waals surface area (Å²) in [6.07, 6.45) is 3.57. The number of rotatable bonds is 1. The van der Waals surface area contributed by atoms with Gasteiger partial charge < -0.3 is 14.2 Å². The Labute approximate surface area is 93.3 Å². The van der Waals surface area contributed by atoms with Gasteiger partial charge >= 0.3 is 0 Å². The number of carbonyl (C=O) groups is 1. The van der Waals surface area contributed by atoms with Crippen LogP contribution in [0.2, 0.25) is 0 Å². The van der Waals surface area contributed by atoms with Crippen LogP contribution >= 0.6 is 0 Å². The van der Waals surface area contributed by atoms with Crippen molar-refractivity contribution in [3.05, 3.63) is 18.0 Å². The first kappa shape index (κ1) is 9.84. The minimum Gasteiger partial charge on any atom is -0.380 e. The van der Waals surface area contributed by atoms with E-state index >= 15 is 0 Å². The lowest BCUT2D eigenvalue weighted by molar-refractivity contribution is -0.136. The quantitative estimate of drug-likeness (QED) is 0.709. The Balaban J connectivity index is 1.63. The van der Waals surface area contributed by atoms with E-state index in [-0.39, 0.29) is 5.91 Å². The number of amides is 1. The topological polar surface area (TPSA) is 55.6 Å². The van der Waals surface area contributed by atoms with Crippen LogP contribution in [0.25, 0.3) is 0 Å². The van der Waals surface area contributed by atoms with Crippen LogP contribution in [0.4, 0.5) is 0 Å². The highest BCUT2D eigenvalue weighted by Crippen LogP contribution is 2.38. The predicted octanol–water partition coefficient (Wildman–Crippen LogP) is 0.927. The molecule has 2 aliphatic heterocycles. The lowest BCUT2D eigenvalue weighted by atomic mass is 9.77. The smallest absolute Gasteiger partial charge is 0.292 e. The zero-order chi connectivity index (χ0) is 11.0. The van der Waals surface area contributed by atoms with E-state index in [1.807, 2.05) is 4.90 Å². The van der Waals surface area contributed by atoms with Crippen molar-refractivity contribution in [1.82, 2.24) is 10.1 Å². The lowest BCUT2D eigenvalue weighted by Gasteiger charge is -2.47. The molecule has 0 unspecified atom stereocenters. The molecule has 0 bridgehead atoms. The zero-order valence-corrected chi connectivity index (χ0v) is 9.02. The summed E-state index contributed by atoms with van der Waals surface area (Å²) >= 11 is 0. The first-order valence-corrected chi connectivity index (χ1v) is 5.57. The number of aromatic nitrogens is 1. The van der Waals surface area contributed by atoms with Crippen LogP contribution in [-0.2, 0) is 4.74 Å². The third-order valence-electron chi connectivity index (χ3n) is 3.58. The Kier molecular flexibility index (Phi) is 2.21. The Morgan fingerprint density at radius 2 is 2.12 bits per heavy atom. The van der Waals surface area contributed by atoms with E-state index in [2.05, 4.69) is 5.16 Å². The monoisotopic (exact) mass is 222 g/mol. The predicted molar refractivity (Wildman–Crippen MR) is 54.9 cm³/mol. The van der Waals surface area contributed by atoms with Crippen molar-refractivity contribution in [2.24, 2.45) is 5.41 Å². The highest BCUT2D eigenvalue weighted by atomic mass is 16.5. The fourth-order valence-corrected chi connectivity index (χ4v) is 2.35. The molecule has 0 saturated carbocycles. The molecule has 0 N–H and O–H groups in total. The molecule has 16 heavy (non-hydrogen) atoms. The van der Waals surface area contributed by atoms with Gasteiger partial charge in [-0.25, -0.2) is 0 Å². The minimum atomic E-state index is -0.0485. The third-order valence-corrected chi connectivity index (χ3v) is 3.58. The fraction of sp³-hybridized carbons (Fsp3) is 0.636. The number of hydrogen-bond acceptors (Lipinski definition) is 4. The van der Waals surface area contributed by atoms with Crippen LogP contribution in [0.5, 0.6) is 0 Å². The molecule has 3 rings (SSSR count). The van der Waals surface area contributed by atoms with Crippen LogP contribution in [0.15, 0.2) is 16.8 Å². The van der Waals surface area contributed by atoms with Gasteiger partial charge in [0.2, 0.25) is 5.76 Å². The summed E-state index contributed by atoms with van der Waals surface area (Å²) < 4.78 is 10.1. The van der Waals surface area contributed by atoms with Gasteiger partial charge in [0.05, 0.1) is 19.4 Å². The summed E-state index contributed by atoms with van der Waals surface area (Å²) in [7, 11) is 0. The van der Waals surface area contributed by atoms with E-state index in [9.17, 15) is 4.79 Å². The summed E-state index contributed by atoms with van der Waals surface area (Å²) in [5, 5.41) is 3.55. The van der Waals surface area contributed by atoms with Gasteiger partial charge in [0.25, 0.3) is 5.91 Å². The highest BCUT2D eigenvalue weighted by Gasteiger charge is 2.42. The molecule has 0 radical (unpaired) electrons. The molecule has 2 fully saturated rings. The van der Waals surface area contributed by atoms with Crippen molar-refractivity contribution in [2.45, 2.75) is 12.8 Å². The van der Waals surface area contributed by atoms with Gasteiger partial charge in [0.1, 0.15) is 0 Å². The first-order chi connectivity index (χ1) is 7.79. The van der Waals surface area contributed by atoms with Gasteiger partial charge in [-0.2, -0.15) is 0 Å². The fourth-order valence-electron chi connectivity index (χ4n) is 2.35. The van der Waals surface area contributed by atoms with Gasteiger partial charge in [-0.1, -0.05) is 5.16 Å². The average molecular weight is 222 g/mol. The molecule has 1 aromatic heterocycles. The van der Waals surface area contributed by atoms with Crippen molar-refractivity contribution in [3.63, 3.8) is 0 Å². The second-order valence-electron chi connectivity index (χ2n) is 4.66. The maximum Gasteiger partial charge on any atom is 0.292 e. The number of nitrogens with zero attached hydrogens (tertiary/aromatic N) is 2. The molecule has 0 aliphatic carbocycles. The number of hydrogen-bond donors (Lipinski definition) is 0. The summed E-state index contributed by atoms with van der Waals surface area (Å²) in [4.78, 5) is 13.8. The van der Waals surface area contributed by atoms with Crippen LogP contribution < -0.4 is 0 Å². The number of carbonyl (C=O) groups excluding carboxylic acids is 1. The largest absolute Gasteiger partial charge is 0.380 e. The molecule has 2 saturated heterocycles. The molecule has 0 aromatic carbocycles. The zero-order valence-electron chi connectivity index (χ0n) is 9.02. The molecular weight excluding hydrogens is 208 g/mol. The van der Waals surface area contributed by atoms with Gasteiger partial charge in [0.15, 0.2) is 0 Å². The normalized spacial score (nSPS) is 23.1. The molecule has 3 heterocycles. The Morgan fingerprint density at radius 3 is 2.62 bits per heavy atom. The molecule has 1 spiro atoms. The molecule has 1 aromatic rings. The molecule has 1 amide bonds. The van der Waals surface area contributed by atoms with Crippen LogP contribution in [0.3, 0.4) is 0 Å². The van der Waals surface area contributed by atoms with E-state index in [4.69, 9.17) is 9.26 Å². The van der Waals surface area contributed by atoms with E-state index in [0.717, 1.165) is 39.1 Å². The SMILES string of the molecule is O=C(c1ccno1)N1CCC2(CC1)COC2. The molecular formula is C11H14N2O3. The number of ether oxygens (including phenoxy) is 1. The maximum atomic E-state index is 11.9. The van der Waals surface area contributed by atoms with Gasteiger partial charge in [-0.15, -0.1) is 0 Å². The summed E-state index contributed by atoms with van der Waals surface area (Å²) in [5.41, 5.74) is 0.359. The second-order valence-corrected chi connectivity index (χ2v) is 4.66. The third kappa shape index (κ3) is 1.51. The van der Waals surface area contributed by atoms with E-state index in [1.54, 1.807) is 6.07 Å². The average Bonchev–Trinajstić information content (AvgIpc) is 2.80. The lowest BCUT2D eigenvalue weighted by Crippen LogP contribution is -2.52. The van der Waals surface area contributed by atoms with Crippen LogP contribution in [0, 0.1) is 5.41 Å². The minimum absolute atomic E-state index is 0.0485. The summed E-state index contributed by atoms with van der Waals surface area (Å²) in [5.74, 6) is 0.286. The van der Waals surface area contributed by atoms with Crippen molar-refractivity contribution < 1.29 is 14.1 Å². The van der Waals surface area contributed by atoms with E-state index < -0.39 is 0 Å². The molecule has 0 atom stereocenters. The number of piperidine rings is 1. The highest BCUT2D eigenvalue weighted by molar-refractivity contribution is 5.91. The first-order valence-electron chi connectivity index (χ1n) is 5.57. The van der Waals surface area contributed by atoms with Gasteiger partial charge in [0, 0.05) is 24.6 Å². The summed E-state index contributed by atoms with van der Waals surface area (Å²) in [6.45, 7) is 3.31. The standard InChI is InChI=1S/C11H14N2O3/c14-10(9-1-4-12-16-9)13-5-2-11(3-6-13)7-15-8-11/h1,4H,2-3,5-8H2. The van der Waals surface area contributed by atoms with Crippen molar-refractivity contribution in [3.8, 4) is 0 Å². The molecule has 86 valence electrons. The maximum absolute atomic E-state index is 11.9. The Hall–Kier alpha value is -1.36. The molecule has 5 nitrogen and oxygen atoms in total. The Morgan fingerprint density at radius 1 is 1.38 bits per heavy atom.